The Hall–Kier alpha value is -3.65. The molecule has 2 aliphatic heterocycles. The van der Waals surface area contributed by atoms with E-state index in [-0.39, 0.29) is 11.7 Å². The number of hydrogen-bond donors (Lipinski definition) is 1. The predicted molar refractivity (Wildman–Crippen MR) is 102 cm³/mol. The van der Waals surface area contributed by atoms with Gasteiger partial charge in [-0.3, -0.25) is 9.59 Å². The molecule has 0 saturated carbocycles. The van der Waals surface area contributed by atoms with Gasteiger partial charge >= 0.3 is 0 Å². The van der Waals surface area contributed by atoms with E-state index in [2.05, 4.69) is 22.3 Å². The average Bonchev–Trinajstić information content (AvgIpc) is 3.14. The molecular weight excluding hydrogens is 338 g/mol. The van der Waals surface area contributed by atoms with Crippen molar-refractivity contribution in [3.63, 3.8) is 0 Å². The first kappa shape index (κ1) is 16.8. The van der Waals surface area contributed by atoms with Crippen LogP contribution < -0.4 is 5.32 Å². The maximum atomic E-state index is 12.9. The van der Waals surface area contributed by atoms with Gasteiger partial charge in [0.1, 0.15) is 11.7 Å². The molecular formula is C22H17N3O2. The van der Waals surface area contributed by atoms with E-state index in [0.29, 0.717) is 23.7 Å². The second-order valence-electron chi connectivity index (χ2n) is 6.42. The van der Waals surface area contributed by atoms with Crippen LogP contribution in [0.1, 0.15) is 18.1 Å². The third-order valence-electron chi connectivity index (χ3n) is 4.58. The van der Waals surface area contributed by atoms with E-state index < -0.39 is 5.92 Å². The van der Waals surface area contributed by atoms with Crippen molar-refractivity contribution in [2.45, 2.75) is 13.3 Å². The Labute approximate surface area is 157 Å². The van der Waals surface area contributed by atoms with Gasteiger partial charge in [0.15, 0.2) is 5.78 Å². The number of amides is 1. The van der Waals surface area contributed by atoms with E-state index in [0.717, 1.165) is 11.1 Å². The SMILES string of the molecule is CC1=C2NC(C#Cc3ccccc3)=NN2C(=O)C(Cc2ccccc2)C1=O. The third-order valence-corrected chi connectivity index (χ3v) is 4.58. The fraction of sp³-hybridized carbons (Fsp3) is 0.136. The molecule has 0 saturated heterocycles. The molecule has 0 bridgehead atoms. The number of carbonyl (C=O) groups is 2. The number of nitrogens with one attached hydrogen (secondary N) is 1. The number of hydrogen-bond acceptors (Lipinski definition) is 4. The van der Waals surface area contributed by atoms with E-state index >= 15 is 0 Å². The maximum absolute atomic E-state index is 12.9. The number of nitrogens with zero attached hydrogens (tertiary/aromatic N) is 2. The van der Waals surface area contributed by atoms with Gasteiger partial charge in [-0.25, -0.2) is 0 Å². The molecule has 0 aromatic heterocycles. The van der Waals surface area contributed by atoms with Crippen molar-refractivity contribution in [3.8, 4) is 11.8 Å². The Kier molecular flexibility index (Phi) is 4.31. The van der Waals surface area contributed by atoms with Crippen molar-refractivity contribution >= 4 is 17.5 Å². The summed E-state index contributed by atoms with van der Waals surface area (Å²) < 4.78 is 0. The number of Topliss-reactive ketones (excluding diaryl/α,β-unsaturated/α-hetero) is 1. The van der Waals surface area contributed by atoms with Gasteiger partial charge in [-0.1, -0.05) is 54.5 Å². The smallest absolute Gasteiger partial charge is 0.260 e. The lowest BCUT2D eigenvalue weighted by molar-refractivity contribution is -0.140. The van der Waals surface area contributed by atoms with Crippen molar-refractivity contribution in [1.82, 2.24) is 10.3 Å². The standard InChI is InChI=1S/C22H17N3O2/c1-15-20(26)18(14-17-10-6-3-7-11-17)22(27)25-21(15)23-19(24-25)13-12-16-8-4-2-5-9-16/h2-11,18H,14H2,1H3,(H,23,24). The van der Waals surface area contributed by atoms with Crippen LogP contribution in [0.5, 0.6) is 0 Å². The lowest BCUT2D eigenvalue weighted by Crippen LogP contribution is -2.43. The lowest BCUT2D eigenvalue weighted by atomic mass is 9.88. The summed E-state index contributed by atoms with van der Waals surface area (Å²) in [5.74, 6) is 5.43. The van der Waals surface area contributed by atoms with Crippen LogP contribution in [0.2, 0.25) is 0 Å². The Morgan fingerprint density at radius 3 is 2.37 bits per heavy atom. The average molecular weight is 355 g/mol. The topological polar surface area (TPSA) is 61.8 Å². The highest BCUT2D eigenvalue weighted by molar-refractivity contribution is 6.15. The molecule has 4 rings (SSSR count). The maximum Gasteiger partial charge on any atom is 0.260 e. The highest BCUT2D eigenvalue weighted by Crippen LogP contribution is 2.28. The molecule has 2 heterocycles. The molecule has 0 radical (unpaired) electrons. The normalized spacial score (nSPS) is 18.5. The largest absolute Gasteiger partial charge is 0.316 e. The molecule has 132 valence electrons. The highest BCUT2D eigenvalue weighted by atomic mass is 16.2. The van der Waals surface area contributed by atoms with Crippen LogP contribution in [0.4, 0.5) is 0 Å². The molecule has 27 heavy (non-hydrogen) atoms. The van der Waals surface area contributed by atoms with E-state index in [1.807, 2.05) is 60.7 Å². The van der Waals surface area contributed by atoms with E-state index in [4.69, 9.17) is 0 Å². The fourth-order valence-electron chi connectivity index (χ4n) is 3.13. The number of amidine groups is 1. The van der Waals surface area contributed by atoms with Crippen LogP contribution in [0.15, 0.2) is 77.2 Å². The van der Waals surface area contributed by atoms with Crippen LogP contribution in [0.3, 0.4) is 0 Å². The Morgan fingerprint density at radius 1 is 1.00 bits per heavy atom. The quantitative estimate of drug-likeness (QED) is 0.665. The molecule has 0 spiro atoms. The molecule has 1 atom stereocenters. The summed E-state index contributed by atoms with van der Waals surface area (Å²) >= 11 is 0. The van der Waals surface area contributed by atoms with Gasteiger partial charge < -0.3 is 5.32 Å². The molecule has 2 aromatic carbocycles. The number of rotatable bonds is 2. The summed E-state index contributed by atoms with van der Waals surface area (Å²) in [6.45, 7) is 1.71. The second-order valence-corrected chi connectivity index (χ2v) is 6.42. The monoisotopic (exact) mass is 355 g/mol. The molecule has 5 heteroatoms. The first-order valence-corrected chi connectivity index (χ1v) is 8.69. The molecule has 1 N–H and O–H groups in total. The molecule has 0 aliphatic carbocycles. The summed E-state index contributed by atoms with van der Waals surface area (Å²) in [4.78, 5) is 25.6. The van der Waals surface area contributed by atoms with Crippen LogP contribution >= 0.6 is 0 Å². The second kappa shape index (κ2) is 6.93. The number of benzene rings is 2. The Bertz CT molecular complexity index is 1030. The van der Waals surface area contributed by atoms with Crippen molar-refractivity contribution in [3.05, 3.63) is 83.2 Å². The first-order chi connectivity index (χ1) is 13.1. The van der Waals surface area contributed by atoms with E-state index in [1.165, 1.54) is 5.01 Å². The minimum Gasteiger partial charge on any atom is -0.316 e. The zero-order chi connectivity index (χ0) is 18.8. The lowest BCUT2D eigenvalue weighted by Gasteiger charge is -2.27. The molecule has 1 unspecified atom stereocenters. The van der Waals surface area contributed by atoms with Gasteiger partial charge in [0.05, 0.1) is 0 Å². The summed E-state index contributed by atoms with van der Waals surface area (Å²) in [7, 11) is 0. The van der Waals surface area contributed by atoms with Crippen molar-refractivity contribution in [2.24, 2.45) is 11.0 Å². The zero-order valence-corrected chi connectivity index (χ0v) is 14.8. The van der Waals surface area contributed by atoms with Gasteiger partial charge in [-0.05, 0) is 37.0 Å². The Balaban J connectivity index is 1.61. The van der Waals surface area contributed by atoms with Gasteiger partial charge in [-0.15, -0.1) is 5.10 Å². The zero-order valence-electron chi connectivity index (χ0n) is 14.8. The summed E-state index contributed by atoms with van der Waals surface area (Å²) in [6.07, 6.45) is 0.361. The number of allylic oxidation sites excluding steroid dienone is 1. The van der Waals surface area contributed by atoms with Gasteiger partial charge in [0.25, 0.3) is 5.91 Å². The van der Waals surface area contributed by atoms with Gasteiger partial charge in [0, 0.05) is 11.1 Å². The number of ketones is 1. The van der Waals surface area contributed by atoms with Crippen LogP contribution in [0, 0.1) is 17.8 Å². The molecule has 2 aromatic rings. The van der Waals surface area contributed by atoms with Gasteiger partial charge in [-0.2, -0.15) is 5.01 Å². The summed E-state index contributed by atoms with van der Waals surface area (Å²) in [6, 6.07) is 19.0. The summed E-state index contributed by atoms with van der Waals surface area (Å²) in [5, 5.41) is 8.56. The summed E-state index contributed by atoms with van der Waals surface area (Å²) in [5.41, 5.74) is 2.29. The minimum atomic E-state index is -0.761. The van der Waals surface area contributed by atoms with E-state index in [1.54, 1.807) is 6.92 Å². The Morgan fingerprint density at radius 2 is 1.67 bits per heavy atom. The minimum absolute atomic E-state index is 0.171. The van der Waals surface area contributed by atoms with Gasteiger partial charge in [0.2, 0.25) is 5.84 Å². The van der Waals surface area contributed by atoms with Crippen molar-refractivity contribution < 1.29 is 9.59 Å². The van der Waals surface area contributed by atoms with Crippen molar-refractivity contribution in [2.75, 3.05) is 0 Å². The van der Waals surface area contributed by atoms with Crippen LogP contribution in [-0.2, 0) is 16.0 Å². The number of hydrazone groups is 1. The molecule has 1 amide bonds. The fourth-order valence-corrected chi connectivity index (χ4v) is 3.13. The molecule has 0 fully saturated rings. The highest BCUT2D eigenvalue weighted by Gasteiger charge is 2.42. The van der Waals surface area contributed by atoms with Crippen molar-refractivity contribution in [1.29, 1.82) is 0 Å². The van der Waals surface area contributed by atoms with E-state index in [9.17, 15) is 9.59 Å². The van der Waals surface area contributed by atoms with Crippen LogP contribution in [0.25, 0.3) is 0 Å². The number of carbonyl (C=O) groups excluding carboxylic acids is 2. The molecule has 5 nitrogen and oxygen atoms in total. The van der Waals surface area contributed by atoms with Crippen LogP contribution in [-0.4, -0.2) is 22.5 Å². The first-order valence-electron chi connectivity index (χ1n) is 8.69. The predicted octanol–water partition coefficient (Wildman–Crippen LogP) is 2.46. The number of fused-ring (bicyclic) bond motifs is 1. The third kappa shape index (κ3) is 3.25. The molecule has 2 aliphatic rings.